The zero-order valence-corrected chi connectivity index (χ0v) is 18.7. The number of pyridine rings is 1. The summed E-state index contributed by atoms with van der Waals surface area (Å²) >= 11 is 6.19. The molecule has 1 aromatic carbocycles. The zero-order chi connectivity index (χ0) is 20.4. The first-order chi connectivity index (χ1) is 12.4. The van der Waals surface area contributed by atoms with Crippen molar-refractivity contribution in [3.8, 4) is 11.1 Å². The van der Waals surface area contributed by atoms with Gasteiger partial charge >= 0.3 is 0 Å². The maximum absolute atomic E-state index is 13.6. The Morgan fingerprint density at radius 2 is 1.89 bits per heavy atom. The molecule has 1 aromatic heterocycles. The van der Waals surface area contributed by atoms with Gasteiger partial charge in [-0.15, -0.1) is 0 Å². The number of halogens is 2. The lowest BCUT2D eigenvalue weighted by Gasteiger charge is -2.36. The minimum Gasteiger partial charge on any atom is -0.415 e. The van der Waals surface area contributed by atoms with Crippen molar-refractivity contribution in [3.63, 3.8) is 0 Å². The van der Waals surface area contributed by atoms with Crippen LogP contribution in [0.1, 0.15) is 26.3 Å². The van der Waals surface area contributed by atoms with Crippen molar-refractivity contribution in [2.24, 2.45) is 0 Å². The van der Waals surface area contributed by atoms with Crippen LogP contribution in [0.3, 0.4) is 0 Å². The molecule has 0 spiro atoms. The molecule has 0 aliphatic heterocycles. The molecular weight excluding hydrogens is 381 g/mol. The van der Waals surface area contributed by atoms with Gasteiger partial charge in [0.2, 0.25) is 0 Å². The van der Waals surface area contributed by atoms with E-state index in [2.05, 4.69) is 44.2 Å². The Labute approximate surface area is 167 Å². The van der Waals surface area contributed by atoms with Crippen LogP contribution in [0.25, 0.3) is 11.1 Å². The fourth-order valence-electron chi connectivity index (χ4n) is 2.45. The minimum absolute atomic E-state index is 0.112. The lowest BCUT2D eigenvalue weighted by atomic mass is 10.0. The van der Waals surface area contributed by atoms with Crippen molar-refractivity contribution in [3.05, 3.63) is 40.8 Å². The first kappa shape index (κ1) is 21.7. The standard InChI is InChI=1S/C20H29ClFN3OSi/c1-13-9-16(22)17(23)12-15(13)14-10-18(21)25-19(11-14)24-7-8-26-27(5,6)20(2,3)4/h9-12H,7-8,23H2,1-6H3,(H,24,25). The second-order valence-corrected chi connectivity index (χ2v) is 13.5. The molecule has 3 N–H and O–H groups in total. The number of hydrogen-bond acceptors (Lipinski definition) is 4. The molecule has 0 saturated carbocycles. The zero-order valence-electron chi connectivity index (χ0n) is 16.9. The molecule has 0 aliphatic carbocycles. The van der Waals surface area contributed by atoms with Gasteiger partial charge in [0.25, 0.3) is 0 Å². The summed E-state index contributed by atoms with van der Waals surface area (Å²) in [6, 6.07) is 6.69. The molecule has 2 aromatic rings. The lowest BCUT2D eigenvalue weighted by Crippen LogP contribution is -2.41. The number of anilines is 2. The van der Waals surface area contributed by atoms with Crippen LogP contribution in [0.4, 0.5) is 15.9 Å². The molecule has 0 bridgehead atoms. The molecule has 0 saturated heterocycles. The number of benzene rings is 1. The Morgan fingerprint density at radius 3 is 2.52 bits per heavy atom. The van der Waals surface area contributed by atoms with Gasteiger partial charge in [-0.05, 0) is 66.0 Å². The van der Waals surface area contributed by atoms with Gasteiger partial charge in [-0.1, -0.05) is 32.4 Å². The molecule has 7 heteroatoms. The van der Waals surface area contributed by atoms with Gasteiger partial charge in [-0.25, -0.2) is 9.37 Å². The van der Waals surface area contributed by atoms with Crippen molar-refractivity contribution >= 4 is 31.4 Å². The lowest BCUT2D eigenvalue weighted by molar-refractivity contribution is 0.301. The SMILES string of the molecule is Cc1cc(F)c(N)cc1-c1cc(Cl)nc(NCCO[Si](C)(C)C(C)(C)C)c1. The highest BCUT2D eigenvalue weighted by Crippen LogP contribution is 2.36. The molecule has 0 radical (unpaired) electrons. The fourth-order valence-corrected chi connectivity index (χ4v) is 3.70. The van der Waals surface area contributed by atoms with E-state index in [0.29, 0.717) is 24.1 Å². The highest BCUT2D eigenvalue weighted by atomic mass is 35.5. The van der Waals surface area contributed by atoms with E-state index in [9.17, 15) is 4.39 Å². The second-order valence-electron chi connectivity index (χ2n) is 8.29. The van der Waals surface area contributed by atoms with E-state index in [0.717, 1.165) is 16.7 Å². The predicted octanol–water partition coefficient (Wildman–Crippen LogP) is 5.87. The van der Waals surface area contributed by atoms with E-state index in [1.165, 1.54) is 6.07 Å². The van der Waals surface area contributed by atoms with Crippen LogP contribution < -0.4 is 11.1 Å². The number of aryl methyl sites for hydroxylation is 1. The molecule has 0 fully saturated rings. The van der Waals surface area contributed by atoms with Crippen LogP contribution >= 0.6 is 11.6 Å². The van der Waals surface area contributed by atoms with Crippen molar-refractivity contribution in [2.75, 3.05) is 24.2 Å². The third-order valence-electron chi connectivity index (χ3n) is 5.13. The number of nitrogens with zero attached hydrogens (tertiary/aromatic N) is 1. The average molecular weight is 410 g/mol. The molecule has 0 aliphatic rings. The van der Waals surface area contributed by atoms with Crippen molar-refractivity contribution < 1.29 is 8.82 Å². The van der Waals surface area contributed by atoms with Crippen LogP contribution in [-0.4, -0.2) is 26.5 Å². The number of rotatable bonds is 6. The molecular formula is C20H29ClFN3OSi. The van der Waals surface area contributed by atoms with Gasteiger partial charge in [0, 0.05) is 6.54 Å². The van der Waals surface area contributed by atoms with Crippen molar-refractivity contribution in [2.45, 2.75) is 45.8 Å². The second kappa shape index (κ2) is 8.16. The highest BCUT2D eigenvalue weighted by Gasteiger charge is 2.36. The molecule has 1 heterocycles. The molecule has 27 heavy (non-hydrogen) atoms. The summed E-state index contributed by atoms with van der Waals surface area (Å²) in [4.78, 5) is 4.32. The molecule has 4 nitrogen and oxygen atoms in total. The van der Waals surface area contributed by atoms with E-state index in [1.54, 1.807) is 12.1 Å². The normalized spacial score (nSPS) is 12.3. The summed E-state index contributed by atoms with van der Waals surface area (Å²) < 4.78 is 19.8. The van der Waals surface area contributed by atoms with Gasteiger partial charge in [-0.3, -0.25) is 0 Å². The number of nitrogens with one attached hydrogen (secondary N) is 1. The topological polar surface area (TPSA) is 60.2 Å². The van der Waals surface area contributed by atoms with Crippen LogP contribution in [0.2, 0.25) is 23.3 Å². The maximum Gasteiger partial charge on any atom is 0.192 e. The van der Waals surface area contributed by atoms with E-state index < -0.39 is 14.1 Å². The Balaban J connectivity index is 2.11. The van der Waals surface area contributed by atoms with Gasteiger partial charge in [0.1, 0.15) is 16.8 Å². The van der Waals surface area contributed by atoms with Gasteiger partial charge < -0.3 is 15.5 Å². The van der Waals surface area contributed by atoms with E-state index in [4.69, 9.17) is 21.8 Å². The van der Waals surface area contributed by atoms with Crippen molar-refractivity contribution in [1.29, 1.82) is 0 Å². The summed E-state index contributed by atoms with van der Waals surface area (Å²) in [5, 5.41) is 3.80. The third-order valence-corrected chi connectivity index (χ3v) is 9.86. The van der Waals surface area contributed by atoms with Gasteiger partial charge in [0.15, 0.2) is 8.32 Å². The minimum atomic E-state index is -1.77. The van der Waals surface area contributed by atoms with Crippen molar-refractivity contribution in [1.82, 2.24) is 4.98 Å². The summed E-state index contributed by atoms with van der Waals surface area (Å²) in [5.74, 6) is 0.233. The molecule has 148 valence electrons. The van der Waals surface area contributed by atoms with Gasteiger partial charge in [-0.2, -0.15) is 0 Å². The number of nitrogen functional groups attached to an aromatic ring is 1. The first-order valence-corrected chi connectivity index (χ1v) is 12.3. The third kappa shape index (κ3) is 5.43. The van der Waals surface area contributed by atoms with Crippen LogP contribution in [0.5, 0.6) is 0 Å². The van der Waals surface area contributed by atoms with E-state index in [1.807, 2.05) is 13.0 Å². The summed E-state index contributed by atoms with van der Waals surface area (Å²) in [7, 11) is -1.77. The molecule has 0 atom stereocenters. The first-order valence-electron chi connectivity index (χ1n) is 9.02. The van der Waals surface area contributed by atoms with Gasteiger partial charge in [0.05, 0.1) is 12.3 Å². The highest BCUT2D eigenvalue weighted by molar-refractivity contribution is 6.74. The van der Waals surface area contributed by atoms with Crippen LogP contribution in [-0.2, 0) is 4.43 Å². The average Bonchev–Trinajstić information content (AvgIpc) is 2.53. The van der Waals surface area contributed by atoms with Crippen LogP contribution in [0, 0.1) is 12.7 Å². The molecule has 0 unspecified atom stereocenters. The Kier molecular flexibility index (Phi) is 6.55. The van der Waals surface area contributed by atoms with Crippen LogP contribution in [0.15, 0.2) is 24.3 Å². The summed E-state index contributed by atoms with van der Waals surface area (Å²) in [5.41, 5.74) is 8.30. The largest absolute Gasteiger partial charge is 0.415 e. The summed E-state index contributed by atoms with van der Waals surface area (Å²) in [6.07, 6.45) is 0. The van der Waals surface area contributed by atoms with E-state index >= 15 is 0 Å². The number of nitrogens with two attached hydrogens (primary N) is 1. The Hall–Kier alpha value is -1.63. The van der Waals surface area contributed by atoms with E-state index in [-0.39, 0.29) is 10.7 Å². The molecule has 0 amide bonds. The predicted molar refractivity (Wildman–Crippen MR) is 115 cm³/mol. The Morgan fingerprint density at radius 1 is 1.22 bits per heavy atom. The monoisotopic (exact) mass is 409 g/mol. The number of hydrogen-bond donors (Lipinski definition) is 2. The quantitative estimate of drug-likeness (QED) is 0.271. The molecule has 2 rings (SSSR count). The fraction of sp³-hybridized carbons (Fsp3) is 0.450. The Bertz CT molecular complexity index is 822. The smallest absolute Gasteiger partial charge is 0.192 e. The summed E-state index contributed by atoms with van der Waals surface area (Å²) in [6.45, 7) is 14.2. The maximum atomic E-state index is 13.6. The number of aromatic nitrogens is 1.